The fourth-order valence-electron chi connectivity index (χ4n) is 7.86. The van der Waals surface area contributed by atoms with Crippen molar-refractivity contribution in [2.75, 3.05) is 90.3 Å². The first-order valence-electron chi connectivity index (χ1n) is 27.6. The molecule has 0 radical (unpaired) electrons. The average molecular weight is 1350 g/mol. The van der Waals surface area contributed by atoms with Gasteiger partial charge >= 0.3 is 5.97 Å². The molecule has 5 amide bonds. The van der Waals surface area contributed by atoms with Crippen LogP contribution in [0.15, 0.2) is 143 Å². The van der Waals surface area contributed by atoms with Crippen LogP contribution in [-0.4, -0.2) is 172 Å². The number of hydrogen-bond acceptors (Lipinski definition) is 28. The maximum Gasteiger partial charge on any atom is 0.360 e. The summed E-state index contributed by atoms with van der Waals surface area (Å²) < 4.78 is 10.6. The summed E-state index contributed by atoms with van der Waals surface area (Å²) >= 11 is 3.06. The van der Waals surface area contributed by atoms with Gasteiger partial charge in [-0.2, -0.15) is 0 Å². The van der Waals surface area contributed by atoms with Crippen LogP contribution in [0, 0.1) is 0 Å². The van der Waals surface area contributed by atoms with E-state index in [0.717, 1.165) is 5.56 Å². The summed E-state index contributed by atoms with van der Waals surface area (Å²) in [4.78, 5) is 128. The molecule has 10 aromatic rings. The summed E-state index contributed by atoms with van der Waals surface area (Å²) in [6.07, 6.45) is 5.82. The number of anilines is 6. The molecule has 0 atom stereocenters. The van der Waals surface area contributed by atoms with Crippen LogP contribution in [-0.2, 0) is 4.74 Å². The molecule has 0 aliphatic carbocycles. The van der Waals surface area contributed by atoms with Gasteiger partial charge in [0.05, 0.1) is 55.5 Å². The number of rotatable bonds is 14. The smallest absolute Gasteiger partial charge is 0.360 e. The molecule has 0 saturated carbocycles. The Balaban J connectivity index is 0.000000187. The van der Waals surface area contributed by atoms with Crippen molar-refractivity contribution < 1.29 is 42.7 Å². The first kappa shape index (κ1) is 69.6. The van der Waals surface area contributed by atoms with Gasteiger partial charge < -0.3 is 63.6 Å². The Kier molecular flexibility index (Phi) is 23.3. The van der Waals surface area contributed by atoms with E-state index in [-0.39, 0.29) is 93.6 Å². The number of amides is 5. The number of halogens is 1. The number of hydrogen-bond donors (Lipinski definition) is 9. The quantitative estimate of drug-likeness (QED) is 0.0246. The predicted octanol–water partition coefficient (Wildman–Crippen LogP) is 3.78. The number of carbonyl (C=O) groups excluding carboxylic acids is 7. The van der Waals surface area contributed by atoms with Gasteiger partial charge in [-0.05, 0) is 76.6 Å². The van der Waals surface area contributed by atoms with Crippen molar-refractivity contribution in [2.24, 2.45) is 5.84 Å². The van der Waals surface area contributed by atoms with Gasteiger partial charge in [0.2, 0.25) is 0 Å². The van der Waals surface area contributed by atoms with Crippen molar-refractivity contribution in [3.05, 3.63) is 178 Å². The lowest BCUT2D eigenvalue weighted by Gasteiger charge is -2.11. The number of nitrogen functional groups attached to an aromatic ring is 7. The van der Waals surface area contributed by atoms with Crippen LogP contribution in [0.2, 0.25) is 0 Å². The van der Waals surface area contributed by atoms with E-state index in [1.54, 1.807) is 152 Å². The summed E-state index contributed by atoms with van der Waals surface area (Å²) in [7, 11) is 11.3. The fourth-order valence-corrected chi connectivity index (χ4v) is 8.14. The molecule has 7 heterocycles. The van der Waals surface area contributed by atoms with Gasteiger partial charge in [-0.3, -0.25) is 34.2 Å². The van der Waals surface area contributed by atoms with Gasteiger partial charge in [0.25, 0.3) is 41.3 Å². The van der Waals surface area contributed by atoms with Crippen LogP contribution < -0.4 is 51.0 Å². The minimum atomic E-state index is -0.650. The van der Waals surface area contributed by atoms with Crippen LogP contribution >= 0.6 is 15.9 Å². The zero-order valence-corrected chi connectivity index (χ0v) is 53.3. The number of aromatic nitrogens is 12. The minimum absolute atomic E-state index is 0.00824. The molecule has 0 bridgehead atoms. The Morgan fingerprint density at radius 3 is 1.35 bits per heavy atom. The summed E-state index contributed by atoms with van der Waals surface area (Å²) in [6.45, 7) is -0.304. The number of ether oxygens (including phenoxy) is 1. The molecule has 486 valence electrons. The van der Waals surface area contributed by atoms with Crippen molar-refractivity contribution in [2.45, 2.75) is 0 Å². The van der Waals surface area contributed by atoms with Crippen molar-refractivity contribution in [3.63, 3.8) is 0 Å². The predicted molar refractivity (Wildman–Crippen MR) is 353 cm³/mol. The van der Waals surface area contributed by atoms with E-state index < -0.39 is 23.6 Å². The second-order valence-electron chi connectivity index (χ2n) is 20.1. The van der Waals surface area contributed by atoms with Gasteiger partial charge in [0.1, 0.15) is 27.6 Å². The van der Waals surface area contributed by atoms with E-state index in [1.165, 1.54) is 46.5 Å². The van der Waals surface area contributed by atoms with Crippen molar-refractivity contribution in [1.29, 1.82) is 0 Å². The number of Topliss-reactive ketones (excluding diaryl/α,β-unsaturated/α-hetero) is 1. The van der Waals surface area contributed by atoms with Crippen LogP contribution in [0.1, 0.15) is 73.0 Å². The molecule has 16 N–H and O–H groups in total. The standard InChI is InChI=1S/C21H21N7O3.C20H18N8O2.C14H16N6O2.C6H6BrN3O2/c1-28(2)21(31)13-8-6-12(7-9-13)15-10-24-19(23)18(27-15)20(30)25-11-16(29)14-4-3-5-17(22)26-14;1-28(2)20(29)12-8-6-11(7-9-12)14-10-23-17(22)16(25-14)19-27-26-18(30-19)13-4-3-5-15(21)24-13;1-20(2)14(22)9-5-3-8(4-6-9)10-7-17-12(15)11(18-10)13(21)19-16;1-12-6(11)4-5(8)9-2-3(7)10-4/h3-10H,11H2,1-2H3,(H2,22,26)(H2,23,24)(H,25,30);3-10H,1-2H3,(H2,21,24)(H2,22,23);3-7H,16H2,1-2H3,(H2,15,17)(H,19,21);2H,1H3,(H2,8,9). The molecular formula is C61H61BrN24O9. The lowest BCUT2D eigenvalue weighted by Crippen LogP contribution is -2.31. The number of esters is 1. The Bertz CT molecular complexity index is 4460. The van der Waals surface area contributed by atoms with E-state index in [4.69, 9.17) is 44.7 Å². The molecule has 10 rings (SSSR count). The van der Waals surface area contributed by atoms with Crippen molar-refractivity contribution >= 4 is 92.1 Å². The molecule has 33 nitrogen and oxygen atoms in total. The highest BCUT2D eigenvalue weighted by Crippen LogP contribution is 2.29. The molecule has 95 heavy (non-hydrogen) atoms. The molecule has 7 aromatic heterocycles. The first-order chi connectivity index (χ1) is 45.3. The maximum absolute atomic E-state index is 12.5. The Morgan fingerprint density at radius 1 is 0.474 bits per heavy atom. The minimum Gasteiger partial charge on any atom is -0.464 e. The molecule has 0 unspecified atom stereocenters. The molecule has 3 aromatic carbocycles. The van der Waals surface area contributed by atoms with Gasteiger partial charge in [-0.15, -0.1) is 10.2 Å². The van der Waals surface area contributed by atoms with Crippen LogP contribution in [0.5, 0.6) is 0 Å². The number of benzene rings is 3. The highest BCUT2D eigenvalue weighted by molar-refractivity contribution is 9.10. The van der Waals surface area contributed by atoms with Gasteiger partial charge in [0.15, 0.2) is 51.8 Å². The van der Waals surface area contributed by atoms with E-state index in [2.05, 4.69) is 86.0 Å². The number of carbonyl (C=O) groups is 7. The summed E-state index contributed by atoms with van der Waals surface area (Å²) in [5.41, 5.74) is 41.8. The molecule has 34 heteroatoms. The van der Waals surface area contributed by atoms with Crippen LogP contribution in [0.3, 0.4) is 0 Å². The Morgan fingerprint density at radius 2 is 0.895 bits per heavy atom. The number of methoxy groups -OCH3 is 1. The third-order valence-electron chi connectivity index (χ3n) is 12.7. The van der Waals surface area contributed by atoms with E-state index >= 15 is 0 Å². The maximum atomic E-state index is 12.5. The van der Waals surface area contributed by atoms with Crippen molar-refractivity contribution in [3.8, 4) is 56.9 Å². The Labute approximate surface area is 549 Å². The van der Waals surface area contributed by atoms with E-state index in [9.17, 15) is 33.6 Å². The zero-order valence-electron chi connectivity index (χ0n) is 51.7. The fraction of sp³-hybridized carbons (Fsp3) is 0.131. The molecule has 0 saturated heterocycles. The van der Waals surface area contributed by atoms with E-state index in [1.807, 2.05) is 5.43 Å². The molecule has 0 aliphatic heterocycles. The number of hydrazine groups is 1. The summed E-state index contributed by atoms with van der Waals surface area (Å²) in [5.74, 6) is 3.46. The molecular weight excluding hydrogens is 1290 g/mol. The molecule has 0 aliphatic rings. The third-order valence-corrected chi connectivity index (χ3v) is 13.1. The number of nitrogens with zero attached hydrogens (tertiary/aromatic N) is 15. The first-order valence-corrected chi connectivity index (χ1v) is 28.4. The van der Waals surface area contributed by atoms with Gasteiger partial charge in [0, 0.05) is 75.7 Å². The number of ketones is 1. The van der Waals surface area contributed by atoms with Gasteiger partial charge in [-0.25, -0.2) is 60.5 Å². The number of nitrogens with one attached hydrogen (secondary N) is 2. The summed E-state index contributed by atoms with van der Waals surface area (Å²) in [6, 6.07) is 30.3. The summed E-state index contributed by atoms with van der Waals surface area (Å²) in [5, 5.41) is 10.5. The van der Waals surface area contributed by atoms with Gasteiger partial charge in [-0.1, -0.05) is 48.5 Å². The lowest BCUT2D eigenvalue weighted by atomic mass is 10.1. The second kappa shape index (κ2) is 31.7. The molecule has 0 spiro atoms. The Hall–Kier alpha value is -12.9. The zero-order chi connectivity index (χ0) is 69.2. The topological polar surface area (TPSA) is 512 Å². The largest absolute Gasteiger partial charge is 0.464 e. The monoisotopic (exact) mass is 1350 g/mol. The van der Waals surface area contributed by atoms with E-state index in [0.29, 0.717) is 61.0 Å². The average Bonchev–Trinajstić information content (AvgIpc) is 1.82. The lowest BCUT2D eigenvalue weighted by molar-refractivity contribution is 0.0593. The van der Waals surface area contributed by atoms with Crippen LogP contribution in [0.25, 0.3) is 56.9 Å². The van der Waals surface area contributed by atoms with Crippen LogP contribution in [0.4, 0.5) is 34.9 Å². The SMILES string of the molecule is CN(C)C(=O)c1ccc(-c2cnc(N)c(-c3nnc(-c4cccc(N)n4)o3)n2)cc1.CN(C)C(=O)c1ccc(-c2cnc(N)c(C(=O)NCC(=O)c3cccc(N)n3)n2)cc1.CN(C)C(=O)c1ccc(-c2cnc(N)c(C(=O)NN)n2)cc1.COC(=O)c1nc(Br)cnc1N. The van der Waals surface area contributed by atoms with Crippen molar-refractivity contribution in [1.82, 2.24) is 85.5 Å². The number of nitrogens with two attached hydrogens (primary N) is 7. The molecule has 0 fully saturated rings. The highest BCUT2D eigenvalue weighted by Gasteiger charge is 2.21. The third kappa shape index (κ3) is 18.2. The normalized spacial score (nSPS) is 10.3. The number of pyridine rings is 2. The second-order valence-corrected chi connectivity index (χ2v) is 20.9. The highest BCUT2D eigenvalue weighted by atomic mass is 79.9.